The normalized spacial score (nSPS) is 11.9. The Morgan fingerprint density at radius 2 is 1.83 bits per heavy atom. The Bertz CT molecular complexity index is 814. The van der Waals surface area contributed by atoms with Gasteiger partial charge in [0.1, 0.15) is 17.7 Å². The summed E-state index contributed by atoms with van der Waals surface area (Å²) < 4.78 is 16.0. The number of benzene rings is 2. The second-order valence-electron chi connectivity index (χ2n) is 5.19. The second kappa shape index (κ2) is 6.44. The van der Waals surface area contributed by atoms with E-state index in [1.807, 2.05) is 13.1 Å². The minimum atomic E-state index is -0.663. The summed E-state index contributed by atoms with van der Waals surface area (Å²) >= 11 is 0. The van der Waals surface area contributed by atoms with Gasteiger partial charge in [-0.1, -0.05) is 36.4 Å². The number of hydrogen-bond acceptors (Lipinski definition) is 2. The molecule has 0 aliphatic rings. The van der Waals surface area contributed by atoms with E-state index in [4.69, 9.17) is 0 Å². The first-order valence-corrected chi connectivity index (χ1v) is 7.24. The highest BCUT2D eigenvalue weighted by Gasteiger charge is 2.23. The van der Waals surface area contributed by atoms with Crippen LogP contribution in [0.5, 0.6) is 0 Å². The van der Waals surface area contributed by atoms with Gasteiger partial charge in [0, 0.05) is 30.6 Å². The number of hydrogen-bond donors (Lipinski definition) is 1. The van der Waals surface area contributed by atoms with Crippen LogP contribution < -0.4 is 5.32 Å². The van der Waals surface area contributed by atoms with Gasteiger partial charge in [-0.15, -0.1) is 0 Å². The number of nitrogens with one attached hydrogen (secondary N) is 1. The van der Waals surface area contributed by atoms with Gasteiger partial charge in [0.2, 0.25) is 0 Å². The zero-order chi connectivity index (χ0) is 16.2. The number of rotatable bonds is 4. The zero-order valence-electron chi connectivity index (χ0n) is 12.6. The summed E-state index contributed by atoms with van der Waals surface area (Å²) in [7, 11) is 1.81. The van der Waals surface area contributed by atoms with Gasteiger partial charge in [-0.3, -0.25) is 4.79 Å². The molecule has 1 atom stereocenters. The number of halogens is 1. The lowest BCUT2D eigenvalue weighted by Crippen LogP contribution is -2.31. The fourth-order valence-electron chi connectivity index (χ4n) is 2.45. The molecule has 116 valence electrons. The number of aromatic nitrogens is 2. The first-order valence-electron chi connectivity index (χ1n) is 7.24. The summed E-state index contributed by atoms with van der Waals surface area (Å²) in [5, 5.41) is 2.87. The molecule has 0 radical (unpaired) electrons. The minimum Gasteiger partial charge on any atom is -0.338 e. The molecule has 1 amide bonds. The van der Waals surface area contributed by atoms with Crippen LogP contribution >= 0.6 is 0 Å². The molecule has 0 bridgehead atoms. The fraction of sp³-hybridized carbons (Fsp3) is 0.111. The molecule has 4 nitrogen and oxygen atoms in total. The number of carbonyl (C=O) groups is 1. The molecule has 0 saturated heterocycles. The van der Waals surface area contributed by atoms with Gasteiger partial charge in [-0.05, 0) is 18.2 Å². The van der Waals surface area contributed by atoms with Gasteiger partial charge in [0.05, 0.1) is 0 Å². The number of nitrogens with zero attached hydrogens (tertiary/aromatic N) is 2. The summed E-state index contributed by atoms with van der Waals surface area (Å²) in [5.41, 5.74) is 0.897. The highest BCUT2D eigenvalue weighted by atomic mass is 19.1. The maximum absolute atomic E-state index is 14.2. The van der Waals surface area contributed by atoms with Gasteiger partial charge in [-0.25, -0.2) is 9.37 Å². The van der Waals surface area contributed by atoms with Crippen LogP contribution in [0.3, 0.4) is 0 Å². The SMILES string of the molecule is Cn1ccnc1[C@@H](NC(=O)c1ccccc1)c1ccccc1F. The van der Waals surface area contributed by atoms with Gasteiger partial charge < -0.3 is 9.88 Å². The molecule has 1 N–H and O–H groups in total. The second-order valence-corrected chi connectivity index (χ2v) is 5.19. The Balaban J connectivity index is 1.98. The van der Waals surface area contributed by atoms with E-state index in [0.717, 1.165) is 0 Å². The molecule has 0 unspecified atom stereocenters. The summed E-state index contributed by atoms with van der Waals surface area (Å²) in [4.78, 5) is 16.7. The first-order chi connectivity index (χ1) is 11.2. The van der Waals surface area contributed by atoms with Gasteiger partial charge in [0.25, 0.3) is 5.91 Å². The summed E-state index contributed by atoms with van der Waals surface area (Å²) in [6, 6.07) is 14.6. The predicted molar refractivity (Wildman–Crippen MR) is 85.4 cm³/mol. The van der Waals surface area contributed by atoms with Crippen LogP contribution in [0.2, 0.25) is 0 Å². The molecule has 0 saturated carbocycles. The van der Waals surface area contributed by atoms with Gasteiger partial charge in [0.15, 0.2) is 0 Å². The standard InChI is InChI=1S/C18H16FN3O/c1-22-12-11-20-17(22)16(14-9-5-6-10-15(14)19)21-18(23)13-7-3-2-4-8-13/h2-12,16H,1H3,(H,21,23)/t16-/m0/s1. The lowest BCUT2D eigenvalue weighted by molar-refractivity contribution is 0.0940. The number of amides is 1. The van der Waals surface area contributed by atoms with Crippen molar-refractivity contribution in [3.05, 3.63) is 89.8 Å². The molecule has 3 rings (SSSR count). The van der Waals surface area contributed by atoms with Crippen molar-refractivity contribution in [1.82, 2.24) is 14.9 Å². The molecular weight excluding hydrogens is 293 g/mol. The number of carbonyl (C=O) groups excluding carboxylic acids is 1. The average molecular weight is 309 g/mol. The smallest absolute Gasteiger partial charge is 0.252 e. The summed E-state index contributed by atoms with van der Waals surface area (Å²) in [6.07, 6.45) is 3.38. The van der Waals surface area contributed by atoms with Crippen molar-refractivity contribution in [3.63, 3.8) is 0 Å². The first kappa shape index (κ1) is 15.0. The van der Waals surface area contributed by atoms with Crippen molar-refractivity contribution in [1.29, 1.82) is 0 Å². The van der Waals surface area contributed by atoms with E-state index >= 15 is 0 Å². The van der Waals surface area contributed by atoms with Gasteiger partial charge >= 0.3 is 0 Å². The highest BCUT2D eigenvalue weighted by Crippen LogP contribution is 2.23. The Hall–Kier alpha value is -2.95. The van der Waals surface area contributed by atoms with Crippen LogP contribution in [0.4, 0.5) is 4.39 Å². The molecule has 3 aromatic rings. The number of imidazole rings is 1. The van der Waals surface area contributed by atoms with Crippen molar-refractivity contribution in [2.45, 2.75) is 6.04 Å². The summed E-state index contributed by atoms with van der Waals surface area (Å²) in [6.45, 7) is 0. The Morgan fingerprint density at radius 1 is 1.13 bits per heavy atom. The Labute approximate surface area is 133 Å². The van der Waals surface area contributed by atoms with Crippen LogP contribution in [-0.4, -0.2) is 15.5 Å². The third-order valence-electron chi connectivity index (χ3n) is 3.64. The quantitative estimate of drug-likeness (QED) is 0.805. The van der Waals surface area contributed by atoms with Crippen LogP contribution in [-0.2, 0) is 7.05 Å². The average Bonchev–Trinajstić information content (AvgIpc) is 3.00. The summed E-state index contributed by atoms with van der Waals surface area (Å²) in [5.74, 6) is -0.0879. The van der Waals surface area contributed by atoms with Crippen LogP contribution in [0.15, 0.2) is 67.0 Å². The molecule has 5 heteroatoms. The Kier molecular flexibility index (Phi) is 4.19. The maximum Gasteiger partial charge on any atom is 0.252 e. The van der Waals surface area contributed by atoms with E-state index in [0.29, 0.717) is 17.0 Å². The van der Waals surface area contributed by atoms with E-state index in [9.17, 15) is 9.18 Å². The van der Waals surface area contributed by atoms with E-state index in [-0.39, 0.29) is 11.7 Å². The van der Waals surface area contributed by atoms with Crippen molar-refractivity contribution in [2.24, 2.45) is 7.05 Å². The predicted octanol–water partition coefficient (Wildman–Crippen LogP) is 3.08. The fourth-order valence-corrected chi connectivity index (χ4v) is 2.45. The molecule has 1 heterocycles. The topological polar surface area (TPSA) is 46.9 Å². The maximum atomic E-state index is 14.2. The zero-order valence-corrected chi connectivity index (χ0v) is 12.6. The van der Waals surface area contributed by atoms with Crippen LogP contribution in [0, 0.1) is 5.82 Å². The molecule has 2 aromatic carbocycles. The van der Waals surface area contributed by atoms with E-state index in [2.05, 4.69) is 10.3 Å². The van der Waals surface area contributed by atoms with Crippen molar-refractivity contribution < 1.29 is 9.18 Å². The van der Waals surface area contributed by atoms with E-state index < -0.39 is 6.04 Å². The molecule has 0 fully saturated rings. The third kappa shape index (κ3) is 3.13. The Morgan fingerprint density at radius 3 is 2.48 bits per heavy atom. The molecule has 23 heavy (non-hydrogen) atoms. The lowest BCUT2D eigenvalue weighted by atomic mass is 10.0. The van der Waals surface area contributed by atoms with Crippen LogP contribution in [0.1, 0.15) is 27.8 Å². The number of aryl methyl sites for hydroxylation is 1. The van der Waals surface area contributed by atoms with Crippen molar-refractivity contribution in [3.8, 4) is 0 Å². The molecular formula is C18H16FN3O. The third-order valence-corrected chi connectivity index (χ3v) is 3.64. The van der Waals surface area contributed by atoms with E-state index in [1.165, 1.54) is 6.07 Å². The highest BCUT2D eigenvalue weighted by molar-refractivity contribution is 5.94. The molecule has 0 aliphatic carbocycles. The molecule has 0 aliphatic heterocycles. The monoisotopic (exact) mass is 309 g/mol. The lowest BCUT2D eigenvalue weighted by Gasteiger charge is -2.19. The van der Waals surface area contributed by atoms with E-state index in [1.54, 1.807) is 59.4 Å². The van der Waals surface area contributed by atoms with Crippen molar-refractivity contribution >= 4 is 5.91 Å². The minimum absolute atomic E-state index is 0.276. The molecule has 1 aromatic heterocycles. The largest absolute Gasteiger partial charge is 0.338 e. The van der Waals surface area contributed by atoms with Gasteiger partial charge in [-0.2, -0.15) is 0 Å². The molecule has 0 spiro atoms. The van der Waals surface area contributed by atoms with Crippen molar-refractivity contribution in [2.75, 3.05) is 0 Å². The van der Waals surface area contributed by atoms with Crippen LogP contribution in [0.25, 0.3) is 0 Å².